The van der Waals surface area contributed by atoms with Gasteiger partial charge in [-0.3, -0.25) is 0 Å². The molecule has 0 fully saturated rings. The van der Waals surface area contributed by atoms with Gasteiger partial charge in [0.05, 0.1) is 28.9 Å². The fourth-order valence-electron chi connectivity index (χ4n) is 1.54. The number of nitriles is 1. The highest BCUT2D eigenvalue weighted by Gasteiger charge is 2.05. The maximum absolute atomic E-state index is 8.83. The first-order valence-electron chi connectivity index (χ1n) is 6.55. The van der Waals surface area contributed by atoms with Crippen LogP contribution in [0.5, 0.6) is 17.4 Å². The molecule has 0 aliphatic rings. The van der Waals surface area contributed by atoms with Gasteiger partial charge in [-0.15, -0.1) is 0 Å². The summed E-state index contributed by atoms with van der Waals surface area (Å²) in [5, 5.41) is 8.83. The fourth-order valence-corrected chi connectivity index (χ4v) is 2.00. The van der Waals surface area contributed by atoms with Crippen LogP contribution in [-0.4, -0.2) is 11.6 Å². The van der Waals surface area contributed by atoms with E-state index >= 15 is 0 Å². The second kappa shape index (κ2) is 7.09. The van der Waals surface area contributed by atoms with E-state index in [1.54, 1.807) is 36.5 Å². The van der Waals surface area contributed by atoms with Crippen LogP contribution in [0.25, 0.3) is 0 Å². The predicted molar refractivity (Wildman–Crippen MR) is 83.5 cm³/mol. The largest absolute Gasteiger partial charge is 0.477 e. The molecule has 0 spiro atoms. The number of ether oxygens (including phenoxy) is 2. The van der Waals surface area contributed by atoms with Crippen molar-refractivity contribution in [2.75, 3.05) is 6.61 Å². The molecule has 108 valence electrons. The third-order valence-electron chi connectivity index (χ3n) is 2.56. The minimum Gasteiger partial charge on any atom is -0.477 e. The Bertz CT molecular complexity index is 648. The summed E-state index contributed by atoms with van der Waals surface area (Å²) in [7, 11) is 0. The average Bonchev–Trinajstić information content (AvgIpc) is 2.48. The molecule has 1 heterocycles. The van der Waals surface area contributed by atoms with E-state index in [4.69, 9.17) is 14.7 Å². The molecule has 2 aromatic rings. The molecular formula is C16H15BrN2O2. The van der Waals surface area contributed by atoms with E-state index in [0.717, 1.165) is 4.47 Å². The van der Waals surface area contributed by atoms with Gasteiger partial charge in [0.2, 0.25) is 5.88 Å². The maximum Gasteiger partial charge on any atom is 0.213 e. The van der Waals surface area contributed by atoms with Gasteiger partial charge in [-0.25, -0.2) is 4.98 Å². The Kier molecular flexibility index (Phi) is 5.18. The molecule has 0 atom stereocenters. The normalized spacial score (nSPS) is 10.2. The zero-order valence-electron chi connectivity index (χ0n) is 11.8. The molecule has 0 amide bonds. The number of hydrogen-bond acceptors (Lipinski definition) is 4. The van der Waals surface area contributed by atoms with Gasteiger partial charge in [0, 0.05) is 6.07 Å². The third kappa shape index (κ3) is 4.47. The van der Waals surface area contributed by atoms with Gasteiger partial charge >= 0.3 is 0 Å². The van der Waals surface area contributed by atoms with E-state index in [9.17, 15) is 0 Å². The lowest BCUT2D eigenvalue weighted by molar-refractivity contribution is 0.261. The first-order valence-corrected chi connectivity index (χ1v) is 7.34. The molecule has 5 heteroatoms. The molecule has 4 nitrogen and oxygen atoms in total. The van der Waals surface area contributed by atoms with E-state index in [1.165, 1.54) is 0 Å². The summed E-state index contributed by atoms with van der Waals surface area (Å²) in [6.07, 6.45) is 1.61. The molecule has 0 radical (unpaired) electrons. The molecular weight excluding hydrogens is 332 g/mol. The molecule has 1 aromatic heterocycles. The minimum atomic E-state index is 0.456. The topological polar surface area (TPSA) is 55.1 Å². The van der Waals surface area contributed by atoms with Crippen molar-refractivity contribution >= 4 is 15.9 Å². The van der Waals surface area contributed by atoms with Crippen molar-refractivity contribution in [1.29, 1.82) is 5.26 Å². The van der Waals surface area contributed by atoms with Gasteiger partial charge in [0.25, 0.3) is 0 Å². The van der Waals surface area contributed by atoms with Crippen LogP contribution in [0.3, 0.4) is 0 Å². The summed E-state index contributed by atoms with van der Waals surface area (Å²) < 4.78 is 12.0. The van der Waals surface area contributed by atoms with Crippen LogP contribution < -0.4 is 9.47 Å². The van der Waals surface area contributed by atoms with Crippen LogP contribution >= 0.6 is 15.9 Å². The number of pyridine rings is 1. The van der Waals surface area contributed by atoms with Crippen LogP contribution in [0, 0.1) is 17.2 Å². The highest BCUT2D eigenvalue weighted by Crippen LogP contribution is 2.30. The lowest BCUT2D eigenvalue weighted by atomic mass is 10.2. The van der Waals surface area contributed by atoms with Crippen LogP contribution in [-0.2, 0) is 0 Å². The molecule has 0 saturated carbocycles. The molecule has 21 heavy (non-hydrogen) atoms. The molecule has 1 aromatic carbocycles. The zero-order valence-corrected chi connectivity index (χ0v) is 13.4. The van der Waals surface area contributed by atoms with Gasteiger partial charge in [-0.2, -0.15) is 5.26 Å². The summed E-state index contributed by atoms with van der Waals surface area (Å²) in [5.41, 5.74) is 0.574. The van der Waals surface area contributed by atoms with Crippen molar-refractivity contribution in [3.63, 3.8) is 0 Å². The first kappa shape index (κ1) is 15.3. The number of rotatable bonds is 5. The number of nitrogens with zero attached hydrogens (tertiary/aromatic N) is 2. The van der Waals surface area contributed by atoms with Crippen molar-refractivity contribution in [1.82, 2.24) is 4.98 Å². The predicted octanol–water partition coefficient (Wildman–Crippen LogP) is 4.54. The lowest BCUT2D eigenvalue weighted by Crippen LogP contribution is -2.05. The monoisotopic (exact) mass is 346 g/mol. The third-order valence-corrected chi connectivity index (χ3v) is 3.18. The maximum atomic E-state index is 8.83. The van der Waals surface area contributed by atoms with Gasteiger partial charge < -0.3 is 9.47 Å². The Balaban J connectivity index is 2.05. The Morgan fingerprint density at radius 1 is 1.29 bits per heavy atom. The van der Waals surface area contributed by atoms with Crippen LogP contribution in [0.2, 0.25) is 0 Å². The van der Waals surface area contributed by atoms with Crippen molar-refractivity contribution in [2.45, 2.75) is 13.8 Å². The molecule has 0 aliphatic carbocycles. The SMILES string of the molecule is CC(C)COc1ccc(Oc2ccc(C#N)cc2Br)cn1. The standard InChI is InChI=1S/C16H15BrN2O2/c1-11(2)10-20-16-6-4-13(9-19-16)21-15-5-3-12(8-18)7-14(15)17/h3-7,9,11H,10H2,1-2H3. The van der Waals surface area contributed by atoms with Crippen LogP contribution in [0.1, 0.15) is 19.4 Å². The van der Waals surface area contributed by atoms with E-state index in [-0.39, 0.29) is 0 Å². The summed E-state index contributed by atoms with van der Waals surface area (Å²) >= 11 is 3.38. The number of benzene rings is 1. The van der Waals surface area contributed by atoms with E-state index in [0.29, 0.717) is 35.5 Å². The molecule has 0 aliphatic heterocycles. The second-order valence-corrected chi connectivity index (χ2v) is 5.75. The summed E-state index contributed by atoms with van der Waals surface area (Å²) in [5.74, 6) is 2.27. The molecule has 0 bridgehead atoms. The fraction of sp³-hybridized carbons (Fsp3) is 0.250. The minimum absolute atomic E-state index is 0.456. The molecule has 0 N–H and O–H groups in total. The van der Waals surface area contributed by atoms with Gasteiger partial charge in [0.1, 0.15) is 11.5 Å². The van der Waals surface area contributed by atoms with Crippen LogP contribution in [0.15, 0.2) is 41.0 Å². The van der Waals surface area contributed by atoms with Crippen LogP contribution in [0.4, 0.5) is 0 Å². The molecule has 2 rings (SSSR count). The quantitative estimate of drug-likeness (QED) is 0.797. The number of halogens is 1. The highest BCUT2D eigenvalue weighted by molar-refractivity contribution is 9.10. The Labute approximate surface area is 132 Å². The van der Waals surface area contributed by atoms with Gasteiger partial charge in [-0.05, 0) is 46.1 Å². The Morgan fingerprint density at radius 3 is 2.67 bits per heavy atom. The average molecular weight is 347 g/mol. The number of aromatic nitrogens is 1. The summed E-state index contributed by atoms with van der Waals surface area (Å²) in [6.45, 7) is 4.80. The Morgan fingerprint density at radius 2 is 2.10 bits per heavy atom. The van der Waals surface area contributed by atoms with E-state index in [1.807, 2.05) is 0 Å². The molecule has 0 unspecified atom stereocenters. The first-order chi connectivity index (χ1) is 10.1. The van der Waals surface area contributed by atoms with E-state index in [2.05, 4.69) is 40.8 Å². The summed E-state index contributed by atoms with van der Waals surface area (Å²) in [4.78, 5) is 4.20. The lowest BCUT2D eigenvalue weighted by Gasteiger charge is -2.10. The second-order valence-electron chi connectivity index (χ2n) is 4.90. The number of hydrogen-bond donors (Lipinski definition) is 0. The summed E-state index contributed by atoms with van der Waals surface area (Å²) in [6, 6.07) is 10.8. The molecule has 0 saturated heterocycles. The van der Waals surface area contributed by atoms with Crippen molar-refractivity contribution < 1.29 is 9.47 Å². The van der Waals surface area contributed by atoms with Gasteiger partial charge in [0.15, 0.2) is 0 Å². The van der Waals surface area contributed by atoms with Crippen molar-refractivity contribution in [2.24, 2.45) is 5.92 Å². The van der Waals surface area contributed by atoms with E-state index < -0.39 is 0 Å². The highest BCUT2D eigenvalue weighted by atomic mass is 79.9. The smallest absolute Gasteiger partial charge is 0.213 e. The van der Waals surface area contributed by atoms with Crippen molar-refractivity contribution in [3.05, 3.63) is 46.6 Å². The zero-order chi connectivity index (χ0) is 15.2. The van der Waals surface area contributed by atoms with Crippen molar-refractivity contribution in [3.8, 4) is 23.4 Å². The Hall–Kier alpha value is -2.06. The van der Waals surface area contributed by atoms with Gasteiger partial charge in [-0.1, -0.05) is 13.8 Å².